The van der Waals surface area contributed by atoms with Gasteiger partial charge in [-0.3, -0.25) is 9.69 Å². The molecule has 1 rings (SSSR count). The van der Waals surface area contributed by atoms with Gasteiger partial charge in [0.1, 0.15) is 0 Å². The summed E-state index contributed by atoms with van der Waals surface area (Å²) in [6.45, 7) is 7.34. The Bertz CT molecular complexity index is 209. The normalized spacial score (nSPS) is 28.7. The maximum atomic E-state index is 10.5. The summed E-state index contributed by atoms with van der Waals surface area (Å²) in [5.41, 5.74) is 0. The van der Waals surface area contributed by atoms with Gasteiger partial charge in [-0.15, -0.1) is 0 Å². The first kappa shape index (κ1) is 12.5. The smallest absolute Gasteiger partial charge is 0.303 e. The SMILES string of the molecule is CCN1CCC(C)NCC1CCC(=O)O. The van der Waals surface area contributed by atoms with Crippen LogP contribution in [0.2, 0.25) is 0 Å². The molecule has 0 aromatic rings. The summed E-state index contributed by atoms with van der Waals surface area (Å²) in [6, 6.07) is 0.935. The fraction of sp³-hybridized carbons (Fsp3) is 0.909. The first-order valence-corrected chi connectivity index (χ1v) is 5.82. The van der Waals surface area contributed by atoms with Gasteiger partial charge < -0.3 is 10.4 Å². The number of likely N-dealkylation sites (N-methyl/N-ethyl adjacent to an activating group) is 1. The fourth-order valence-electron chi connectivity index (χ4n) is 2.10. The van der Waals surface area contributed by atoms with E-state index in [0.717, 1.165) is 32.5 Å². The van der Waals surface area contributed by atoms with Gasteiger partial charge in [-0.2, -0.15) is 0 Å². The predicted molar refractivity (Wildman–Crippen MR) is 60.0 cm³/mol. The number of carboxylic acids is 1. The Morgan fingerprint density at radius 3 is 2.93 bits per heavy atom. The van der Waals surface area contributed by atoms with Crippen molar-refractivity contribution in [2.75, 3.05) is 19.6 Å². The predicted octanol–water partition coefficient (Wildman–Crippen LogP) is 0.923. The maximum Gasteiger partial charge on any atom is 0.303 e. The maximum absolute atomic E-state index is 10.5. The molecule has 0 aromatic carbocycles. The van der Waals surface area contributed by atoms with Crippen molar-refractivity contribution in [1.82, 2.24) is 10.2 Å². The molecule has 4 nitrogen and oxygen atoms in total. The van der Waals surface area contributed by atoms with E-state index in [2.05, 4.69) is 24.1 Å². The van der Waals surface area contributed by atoms with Gasteiger partial charge >= 0.3 is 5.97 Å². The molecule has 4 heteroatoms. The molecule has 0 aromatic heterocycles. The second kappa shape index (κ2) is 6.08. The molecular weight excluding hydrogens is 192 g/mol. The number of hydrogen-bond acceptors (Lipinski definition) is 3. The molecular formula is C11H22N2O2. The zero-order valence-electron chi connectivity index (χ0n) is 9.70. The van der Waals surface area contributed by atoms with E-state index >= 15 is 0 Å². The molecule has 2 atom stereocenters. The lowest BCUT2D eigenvalue weighted by Gasteiger charge is -2.27. The molecule has 1 saturated heterocycles. The summed E-state index contributed by atoms with van der Waals surface area (Å²) in [4.78, 5) is 12.9. The largest absolute Gasteiger partial charge is 0.481 e. The van der Waals surface area contributed by atoms with Crippen molar-refractivity contribution in [2.45, 2.75) is 45.2 Å². The molecule has 1 aliphatic rings. The molecule has 2 unspecified atom stereocenters. The van der Waals surface area contributed by atoms with Gasteiger partial charge in [0.2, 0.25) is 0 Å². The second-order valence-corrected chi connectivity index (χ2v) is 4.31. The molecule has 0 bridgehead atoms. The van der Waals surface area contributed by atoms with Gasteiger partial charge in [0.25, 0.3) is 0 Å². The lowest BCUT2D eigenvalue weighted by molar-refractivity contribution is -0.137. The molecule has 1 heterocycles. The minimum absolute atomic E-state index is 0.275. The molecule has 0 saturated carbocycles. The van der Waals surface area contributed by atoms with E-state index in [4.69, 9.17) is 5.11 Å². The highest BCUT2D eigenvalue weighted by atomic mass is 16.4. The van der Waals surface area contributed by atoms with Crippen LogP contribution in [0.25, 0.3) is 0 Å². The van der Waals surface area contributed by atoms with Gasteiger partial charge in [-0.05, 0) is 32.9 Å². The van der Waals surface area contributed by atoms with Gasteiger partial charge in [0.15, 0.2) is 0 Å². The number of hydrogen-bond donors (Lipinski definition) is 2. The van der Waals surface area contributed by atoms with Crippen molar-refractivity contribution < 1.29 is 9.90 Å². The second-order valence-electron chi connectivity index (χ2n) is 4.31. The van der Waals surface area contributed by atoms with Crippen LogP contribution in [0.1, 0.15) is 33.1 Å². The summed E-state index contributed by atoms with van der Waals surface area (Å²) < 4.78 is 0. The molecule has 15 heavy (non-hydrogen) atoms. The Morgan fingerprint density at radius 2 is 2.33 bits per heavy atom. The molecule has 0 amide bonds. The van der Waals surface area contributed by atoms with Crippen LogP contribution < -0.4 is 5.32 Å². The fourth-order valence-corrected chi connectivity index (χ4v) is 2.10. The average Bonchev–Trinajstić information content (AvgIpc) is 2.37. The Labute approximate surface area is 91.6 Å². The van der Waals surface area contributed by atoms with E-state index in [9.17, 15) is 4.79 Å². The Hall–Kier alpha value is -0.610. The Balaban J connectivity index is 2.46. The molecule has 1 fully saturated rings. The first-order valence-electron chi connectivity index (χ1n) is 5.82. The van der Waals surface area contributed by atoms with Crippen LogP contribution in [0.15, 0.2) is 0 Å². The van der Waals surface area contributed by atoms with Crippen LogP contribution in [-0.2, 0) is 4.79 Å². The number of carboxylic acid groups (broad SMARTS) is 1. The van der Waals surface area contributed by atoms with Crippen LogP contribution in [0.3, 0.4) is 0 Å². The summed E-state index contributed by atoms with van der Waals surface area (Å²) in [5.74, 6) is -0.691. The van der Waals surface area contributed by atoms with Crippen LogP contribution in [-0.4, -0.2) is 47.7 Å². The van der Waals surface area contributed by atoms with Gasteiger partial charge in [-0.25, -0.2) is 0 Å². The number of aliphatic carboxylic acids is 1. The molecule has 1 aliphatic heterocycles. The van der Waals surface area contributed by atoms with E-state index in [-0.39, 0.29) is 6.42 Å². The van der Waals surface area contributed by atoms with Crippen molar-refractivity contribution in [1.29, 1.82) is 0 Å². The highest BCUT2D eigenvalue weighted by Crippen LogP contribution is 2.12. The quantitative estimate of drug-likeness (QED) is 0.731. The monoisotopic (exact) mass is 214 g/mol. The summed E-state index contributed by atoms with van der Waals surface area (Å²) in [7, 11) is 0. The summed E-state index contributed by atoms with van der Waals surface area (Å²) >= 11 is 0. The number of nitrogens with one attached hydrogen (secondary N) is 1. The van der Waals surface area contributed by atoms with Gasteiger partial charge in [-0.1, -0.05) is 6.92 Å². The molecule has 0 spiro atoms. The minimum atomic E-state index is -0.691. The van der Waals surface area contributed by atoms with Crippen molar-refractivity contribution in [3.8, 4) is 0 Å². The third kappa shape index (κ3) is 4.18. The van der Waals surface area contributed by atoms with Crippen LogP contribution in [0.4, 0.5) is 0 Å². The number of rotatable bonds is 4. The van der Waals surface area contributed by atoms with Crippen molar-refractivity contribution in [3.63, 3.8) is 0 Å². The van der Waals surface area contributed by atoms with E-state index in [0.29, 0.717) is 12.1 Å². The van der Waals surface area contributed by atoms with E-state index in [1.165, 1.54) is 0 Å². The van der Waals surface area contributed by atoms with Crippen molar-refractivity contribution in [3.05, 3.63) is 0 Å². The molecule has 2 N–H and O–H groups in total. The van der Waals surface area contributed by atoms with Gasteiger partial charge in [0.05, 0.1) is 0 Å². The van der Waals surface area contributed by atoms with E-state index < -0.39 is 5.97 Å². The highest BCUT2D eigenvalue weighted by molar-refractivity contribution is 5.66. The van der Waals surface area contributed by atoms with Gasteiger partial charge in [0, 0.05) is 25.0 Å². The van der Waals surface area contributed by atoms with E-state index in [1.807, 2.05) is 0 Å². The highest BCUT2D eigenvalue weighted by Gasteiger charge is 2.22. The summed E-state index contributed by atoms with van der Waals surface area (Å²) in [5, 5.41) is 12.1. The molecule has 0 aliphatic carbocycles. The lowest BCUT2D eigenvalue weighted by atomic mass is 10.1. The molecule has 0 radical (unpaired) electrons. The minimum Gasteiger partial charge on any atom is -0.481 e. The zero-order valence-corrected chi connectivity index (χ0v) is 9.70. The Morgan fingerprint density at radius 1 is 1.60 bits per heavy atom. The first-order chi connectivity index (χ1) is 7.13. The third-order valence-corrected chi connectivity index (χ3v) is 3.17. The van der Waals surface area contributed by atoms with Crippen molar-refractivity contribution in [2.24, 2.45) is 0 Å². The van der Waals surface area contributed by atoms with E-state index in [1.54, 1.807) is 0 Å². The Kier molecular flexibility index (Phi) is 5.05. The summed E-state index contributed by atoms with van der Waals surface area (Å²) in [6.07, 6.45) is 2.18. The van der Waals surface area contributed by atoms with Crippen LogP contribution >= 0.6 is 0 Å². The number of nitrogens with zero attached hydrogens (tertiary/aromatic N) is 1. The topological polar surface area (TPSA) is 52.6 Å². The third-order valence-electron chi connectivity index (χ3n) is 3.17. The van der Waals surface area contributed by atoms with Crippen LogP contribution in [0, 0.1) is 0 Å². The zero-order chi connectivity index (χ0) is 11.3. The standard InChI is InChI=1S/C11H22N2O2/c1-3-13-7-6-9(2)12-8-10(13)4-5-11(14)15/h9-10,12H,3-8H2,1-2H3,(H,14,15). The molecule has 88 valence electrons. The lowest BCUT2D eigenvalue weighted by Crippen LogP contribution is -2.40. The average molecular weight is 214 g/mol. The van der Waals surface area contributed by atoms with Crippen LogP contribution in [0.5, 0.6) is 0 Å². The van der Waals surface area contributed by atoms with Crippen molar-refractivity contribution >= 4 is 5.97 Å². The number of carbonyl (C=O) groups is 1.